The van der Waals surface area contributed by atoms with Gasteiger partial charge >= 0.3 is 0 Å². The molecule has 0 spiro atoms. The molecule has 0 aromatic heterocycles. The van der Waals surface area contributed by atoms with Crippen LogP contribution in [0, 0.1) is 18.8 Å². The molecule has 0 saturated carbocycles. The molecule has 0 fully saturated rings. The van der Waals surface area contributed by atoms with E-state index in [1.807, 2.05) is 6.92 Å². The van der Waals surface area contributed by atoms with Gasteiger partial charge in [0, 0.05) is 6.42 Å². The summed E-state index contributed by atoms with van der Waals surface area (Å²) >= 11 is 0. The highest BCUT2D eigenvalue weighted by Gasteiger charge is 1.98. The molecular formula is C18H18. The van der Waals surface area contributed by atoms with E-state index in [4.69, 9.17) is 0 Å². The molecule has 0 bridgehead atoms. The van der Waals surface area contributed by atoms with Crippen LogP contribution in [-0.4, -0.2) is 0 Å². The zero-order chi connectivity index (χ0) is 13.0. The minimum absolute atomic E-state index is 0.830. The lowest BCUT2D eigenvalue weighted by Gasteiger charge is -2.03. The summed E-state index contributed by atoms with van der Waals surface area (Å²) in [6.07, 6.45) is 7.31. The van der Waals surface area contributed by atoms with Crippen molar-refractivity contribution in [1.82, 2.24) is 0 Å². The van der Waals surface area contributed by atoms with Crippen LogP contribution in [0.1, 0.15) is 31.4 Å². The fourth-order valence-electron chi connectivity index (χ4n) is 1.90. The van der Waals surface area contributed by atoms with E-state index in [9.17, 15) is 0 Å². The van der Waals surface area contributed by atoms with Gasteiger partial charge in [-0.05, 0) is 43.1 Å². The molecule has 1 aliphatic carbocycles. The predicted octanol–water partition coefficient (Wildman–Crippen LogP) is 4.68. The van der Waals surface area contributed by atoms with Crippen LogP contribution in [0.25, 0.3) is 5.57 Å². The monoisotopic (exact) mass is 234 g/mol. The van der Waals surface area contributed by atoms with Gasteiger partial charge in [-0.2, -0.15) is 0 Å². The number of hydrogen-bond donors (Lipinski definition) is 0. The molecule has 1 aromatic rings. The SMILES string of the molecule is CC1=CC=C(C=C(C)c2ccc(C)cc2)CC#C1. The summed E-state index contributed by atoms with van der Waals surface area (Å²) < 4.78 is 0. The second-order valence-electron chi connectivity index (χ2n) is 4.76. The van der Waals surface area contributed by atoms with E-state index in [1.54, 1.807) is 0 Å². The fourth-order valence-corrected chi connectivity index (χ4v) is 1.90. The van der Waals surface area contributed by atoms with E-state index in [0.717, 1.165) is 12.0 Å². The highest BCUT2D eigenvalue weighted by atomic mass is 14.0. The molecule has 0 aliphatic heterocycles. The first-order valence-corrected chi connectivity index (χ1v) is 6.27. The van der Waals surface area contributed by atoms with Crippen molar-refractivity contribution >= 4 is 5.57 Å². The predicted molar refractivity (Wildman–Crippen MR) is 79.1 cm³/mol. The molecule has 90 valence electrons. The Morgan fingerprint density at radius 1 is 1.11 bits per heavy atom. The standard InChI is InChI=1S/C18H18/c1-14-5-4-6-17(10-7-14)13-16(3)18-11-8-15(2)9-12-18/h7-13H,6H2,1-3H3. The number of benzene rings is 1. The Bertz CT molecular complexity index is 581. The lowest BCUT2D eigenvalue weighted by atomic mass is 10.0. The number of allylic oxidation sites excluding steroid dienone is 6. The Hall–Kier alpha value is -2.00. The van der Waals surface area contributed by atoms with Crippen molar-refractivity contribution in [3.8, 4) is 11.8 Å². The third-order valence-corrected chi connectivity index (χ3v) is 3.03. The average molecular weight is 234 g/mol. The van der Waals surface area contributed by atoms with E-state index in [2.05, 4.69) is 68.2 Å². The number of aryl methyl sites for hydroxylation is 1. The average Bonchev–Trinajstić information content (AvgIpc) is 2.55. The Kier molecular flexibility index (Phi) is 3.85. The van der Waals surface area contributed by atoms with Crippen molar-refractivity contribution in [3.63, 3.8) is 0 Å². The molecule has 0 nitrogen and oxygen atoms in total. The largest absolute Gasteiger partial charge is 0.0935 e. The molecular weight excluding hydrogens is 216 g/mol. The smallest absolute Gasteiger partial charge is 0.0344 e. The molecule has 0 amide bonds. The quantitative estimate of drug-likeness (QED) is 0.652. The first kappa shape index (κ1) is 12.5. The summed E-state index contributed by atoms with van der Waals surface area (Å²) in [6, 6.07) is 8.65. The third-order valence-electron chi connectivity index (χ3n) is 3.03. The van der Waals surface area contributed by atoms with Gasteiger partial charge < -0.3 is 0 Å². The number of hydrogen-bond acceptors (Lipinski definition) is 0. The molecule has 0 N–H and O–H groups in total. The van der Waals surface area contributed by atoms with Gasteiger partial charge in [-0.1, -0.05) is 59.9 Å². The van der Waals surface area contributed by atoms with E-state index in [1.165, 1.54) is 22.3 Å². The van der Waals surface area contributed by atoms with Gasteiger partial charge in [-0.25, -0.2) is 0 Å². The van der Waals surface area contributed by atoms with Crippen molar-refractivity contribution in [2.24, 2.45) is 0 Å². The summed E-state index contributed by atoms with van der Waals surface area (Å²) in [5.41, 5.74) is 6.27. The summed E-state index contributed by atoms with van der Waals surface area (Å²) in [4.78, 5) is 0. The zero-order valence-electron chi connectivity index (χ0n) is 11.2. The maximum absolute atomic E-state index is 3.18. The van der Waals surface area contributed by atoms with E-state index in [-0.39, 0.29) is 0 Å². The Balaban J connectivity index is 2.24. The van der Waals surface area contributed by atoms with Crippen molar-refractivity contribution in [2.75, 3.05) is 0 Å². The topological polar surface area (TPSA) is 0 Å². The normalized spacial score (nSPS) is 15.2. The van der Waals surface area contributed by atoms with Crippen LogP contribution in [0.2, 0.25) is 0 Å². The molecule has 1 aromatic carbocycles. The molecule has 1 aliphatic rings. The first-order chi connectivity index (χ1) is 8.65. The lowest BCUT2D eigenvalue weighted by molar-refractivity contribution is 1.34. The van der Waals surface area contributed by atoms with Gasteiger partial charge in [0.25, 0.3) is 0 Å². The molecule has 18 heavy (non-hydrogen) atoms. The Morgan fingerprint density at radius 3 is 2.56 bits per heavy atom. The van der Waals surface area contributed by atoms with Crippen LogP contribution in [0.4, 0.5) is 0 Å². The Labute approximate surface area is 110 Å². The summed E-state index contributed by atoms with van der Waals surface area (Å²) in [5, 5.41) is 0. The van der Waals surface area contributed by atoms with E-state index < -0.39 is 0 Å². The third kappa shape index (κ3) is 3.25. The molecule has 0 radical (unpaired) electrons. The second kappa shape index (κ2) is 5.56. The minimum atomic E-state index is 0.830. The van der Waals surface area contributed by atoms with E-state index in [0.29, 0.717) is 0 Å². The summed E-state index contributed by atoms with van der Waals surface area (Å²) in [5.74, 6) is 6.31. The van der Waals surface area contributed by atoms with Gasteiger partial charge in [0.1, 0.15) is 0 Å². The van der Waals surface area contributed by atoms with Crippen molar-refractivity contribution in [1.29, 1.82) is 0 Å². The highest BCUT2D eigenvalue weighted by molar-refractivity contribution is 5.67. The van der Waals surface area contributed by atoms with Crippen LogP contribution in [-0.2, 0) is 0 Å². The minimum Gasteiger partial charge on any atom is -0.0935 e. The van der Waals surface area contributed by atoms with Gasteiger partial charge in [-0.15, -0.1) is 0 Å². The summed E-state index contributed by atoms with van der Waals surface area (Å²) in [6.45, 7) is 6.31. The Morgan fingerprint density at radius 2 is 1.83 bits per heavy atom. The van der Waals surface area contributed by atoms with Gasteiger partial charge in [0.05, 0.1) is 0 Å². The molecule has 0 atom stereocenters. The van der Waals surface area contributed by atoms with Crippen LogP contribution >= 0.6 is 0 Å². The first-order valence-electron chi connectivity index (χ1n) is 6.27. The molecule has 0 heteroatoms. The number of rotatable bonds is 2. The second-order valence-corrected chi connectivity index (χ2v) is 4.76. The van der Waals surface area contributed by atoms with Crippen LogP contribution in [0.15, 0.2) is 53.6 Å². The van der Waals surface area contributed by atoms with Crippen LogP contribution < -0.4 is 0 Å². The summed E-state index contributed by atoms with van der Waals surface area (Å²) in [7, 11) is 0. The lowest BCUT2D eigenvalue weighted by Crippen LogP contribution is -1.83. The highest BCUT2D eigenvalue weighted by Crippen LogP contribution is 2.18. The van der Waals surface area contributed by atoms with Crippen molar-refractivity contribution in [3.05, 3.63) is 64.8 Å². The zero-order valence-corrected chi connectivity index (χ0v) is 11.2. The van der Waals surface area contributed by atoms with Gasteiger partial charge in [-0.3, -0.25) is 0 Å². The molecule has 2 rings (SSSR count). The van der Waals surface area contributed by atoms with Crippen molar-refractivity contribution in [2.45, 2.75) is 27.2 Å². The fraction of sp³-hybridized carbons (Fsp3) is 0.222. The van der Waals surface area contributed by atoms with Crippen LogP contribution in [0.3, 0.4) is 0 Å². The maximum Gasteiger partial charge on any atom is 0.0344 e. The van der Waals surface area contributed by atoms with Gasteiger partial charge in [0.2, 0.25) is 0 Å². The molecule has 0 unspecified atom stereocenters. The molecule has 0 saturated heterocycles. The van der Waals surface area contributed by atoms with Crippen LogP contribution in [0.5, 0.6) is 0 Å². The van der Waals surface area contributed by atoms with Gasteiger partial charge in [0.15, 0.2) is 0 Å². The van der Waals surface area contributed by atoms with Crippen molar-refractivity contribution < 1.29 is 0 Å². The maximum atomic E-state index is 3.18. The molecule has 0 heterocycles. The van der Waals surface area contributed by atoms with E-state index >= 15 is 0 Å².